The predicted octanol–water partition coefficient (Wildman–Crippen LogP) is 1.49. The predicted molar refractivity (Wildman–Crippen MR) is 102 cm³/mol. The van der Waals surface area contributed by atoms with Gasteiger partial charge in [0.1, 0.15) is 11.4 Å². The molecule has 0 radical (unpaired) electrons. The third kappa shape index (κ3) is 2.87. The second-order valence-corrected chi connectivity index (χ2v) is 7.22. The van der Waals surface area contributed by atoms with E-state index in [9.17, 15) is 14.0 Å². The van der Waals surface area contributed by atoms with Crippen LogP contribution in [0.2, 0.25) is 0 Å². The highest BCUT2D eigenvalue weighted by Gasteiger charge is 2.34. The number of hydrazine groups is 1. The molecular formula is C19H18FN7O2. The monoisotopic (exact) mass is 395 g/mol. The highest BCUT2D eigenvalue weighted by molar-refractivity contribution is 6.01. The average Bonchev–Trinajstić information content (AvgIpc) is 3.29. The molecule has 1 saturated heterocycles. The van der Waals surface area contributed by atoms with Gasteiger partial charge in [0, 0.05) is 37.3 Å². The van der Waals surface area contributed by atoms with Gasteiger partial charge < -0.3 is 5.32 Å². The molecule has 0 aromatic carbocycles. The Morgan fingerprint density at radius 1 is 1.24 bits per heavy atom. The number of amides is 2. The van der Waals surface area contributed by atoms with Gasteiger partial charge in [0.15, 0.2) is 11.5 Å². The Bertz CT molecular complexity index is 1140. The van der Waals surface area contributed by atoms with Crippen LogP contribution < -0.4 is 15.3 Å². The van der Waals surface area contributed by atoms with E-state index in [1.54, 1.807) is 17.3 Å². The molecule has 10 heteroatoms. The summed E-state index contributed by atoms with van der Waals surface area (Å²) in [6.07, 6.45) is 5.67. The molecule has 2 amide bonds. The number of anilines is 2. The van der Waals surface area contributed by atoms with E-state index in [2.05, 4.69) is 20.4 Å². The number of aryl methyl sites for hydroxylation is 1. The zero-order valence-electron chi connectivity index (χ0n) is 15.7. The minimum absolute atomic E-state index is 0.141. The van der Waals surface area contributed by atoms with Crippen LogP contribution in [0.5, 0.6) is 0 Å². The van der Waals surface area contributed by atoms with Crippen LogP contribution >= 0.6 is 0 Å². The number of carbonyl (C=O) groups excluding carboxylic acids is 2. The van der Waals surface area contributed by atoms with E-state index in [0.717, 1.165) is 0 Å². The van der Waals surface area contributed by atoms with Crippen molar-refractivity contribution in [3.8, 4) is 0 Å². The van der Waals surface area contributed by atoms with Crippen molar-refractivity contribution in [2.24, 2.45) is 0 Å². The Labute approximate surface area is 165 Å². The largest absolute Gasteiger partial charge is 0.349 e. The Kier molecular flexibility index (Phi) is 3.93. The first-order valence-electron chi connectivity index (χ1n) is 9.41. The summed E-state index contributed by atoms with van der Waals surface area (Å²) in [5.74, 6) is -0.577. The Morgan fingerprint density at radius 2 is 2.10 bits per heavy atom. The SMILES string of the molecule is CC1CCc2ncc(F)cc2N2CCC(=O)N2c2ccn3ncc(c3n2)C(=O)N1. The average molecular weight is 395 g/mol. The molecule has 1 N–H and O–H groups in total. The zero-order chi connectivity index (χ0) is 20.1. The molecule has 3 aromatic rings. The van der Waals surface area contributed by atoms with Gasteiger partial charge >= 0.3 is 0 Å². The zero-order valence-corrected chi connectivity index (χ0v) is 15.7. The highest BCUT2D eigenvalue weighted by Crippen LogP contribution is 2.31. The van der Waals surface area contributed by atoms with E-state index in [0.29, 0.717) is 47.8 Å². The first kappa shape index (κ1) is 17.5. The summed E-state index contributed by atoms with van der Waals surface area (Å²) in [6.45, 7) is 2.29. The number of pyridine rings is 1. The van der Waals surface area contributed by atoms with Crippen molar-refractivity contribution in [3.63, 3.8) is 0 Å². The summed E-state index contributed by atoms with van der Waals surface area (Å²) in [6, 6.07) is 2.89. The number of rotatable bonds is 0. The number of halogens is 1. The molecular weight excluding hydrogens is 377 g/mol. The summed E-state index contributed by atoms with van der Waals surface area (Å²) in [5.41, 5.74) is 1.88. The molecule has 3 aromatic heterocycles. The van der Waals surface area contributed by atoms with Gasteiger partial charge in [0.2, 0.25) is 5.91 Å². The van der Waals surface area contributed by atoms with Gasteiger partial charge in [-0.2, -0.15) is 5.10 Å². The minimum Gasteiger partial charge on any atom is -0.349 e. The molecule has 0 aliphatic carbocycles. The van der Waals surface area contributed by atoms with Crippen molar-refractivity contribution in [2.75, 3.05) is 16.6 Å². The Hall–Kier alpha value is -3.56. The molecule has 148 valence electrons. The standard InChI is InChI=1S/C19H18FN7O2/c1-11-2-3-14-15(8-12(20)9-21-14)26-7-5-17(28)27(26)16-4-6-25-18(24-16)13(10-22-25)19(29)23-11/h4,6,8-11H,2-3,5,7H2,1H3,(H,23,29). The maximum atomic E-state index is 14.0. The number of nitrogens with zero attached hydrogens (tertiary/aromatic N) is 6. The lowest BCUT2D eigenvalue weighted by molar-refractivity contribution is -0.117. The van der Waals surface area contributed by atoms with Crippen molar-refractivity contribution in [1.82, 2.24) is 24.9 Å². The molecule has 29 heavy (non-hydrogen) atoms. The molecule has 0 saturated carbocycles. The summed E-state index contributed by atoms with van der Waals surface area (Å²) in [7, 11) is 0. The number of carbonyl (C=O) groups is 2. The normalized spacial score (nSPS) is 19.4. The summed E-state index contributed by atoms with van der Waals surface area (Å²) >= 11 is 0. The highest BCUT2D eigenvalue weighted by atomic mass is 19.1. The van der Waals surface area contributed by atoms with E-state index < -0.39 is 5.82 Å². The van der Waals surface area contributed by atoms with Crippen molar-refractivity contribution in [1.29, 1.82) is 0 Å². The second kappa shape index (κ2) is 6.50. The first-order valence-corrected chi connectivity index (χ1v) is 9.41. The van der Waals surface area contributed by atoms with Gasteiger partial charge in [-0.05, 0) is 19.8 Å². The Balaban J connectivity index is 1.72. The van der Waals surface area contributed by atoms with E-state index in [1.807, 2.05) is 6.92 Å². The maximum absolute atomic E-state index is 14.0. The third-order valence-corrected chi connectivity index (χ3v) is 5.21. The summed E-state index contributed by atoms with van der Waals surface area (Å²) in [4.78, 5) is 34.2. The number of hydrogen-bond donors (Lipinski definition) is 1. The molecule has 1 fully saturated rings. The van der Waals surface area contributed by atoms with Gasteiger partial charge in [-0.25, -0.2) is 18.9 Å². The second-order valence-electron chi connectivity index (χ2n) is 7.22. The van der Waals surface area contributed by atoms with Crippen LogP contribution in [-0.2, 0) is 11.2 Å². The summed E-state index contributed by atoms with van der Waals surface area (Å²) in [5, 5.41) is 10.3. The molecule has 5 heterocycles. The number of fused-ring (bicyclic) bond motifs is 5. The van der Waals surface area contributed by atoms with Crippen molar-refractivity contribution in [3.05, 3.63) is 47.8 Å². The molecule has 2 bridgehead atoms. The number of hydrogen-bond acceptors (Lipinski definition) is 6. The molecule has 9 nitrogen and oxygen atoms in total. The number of nitrogens with one attached hydrogen (secondary N) is 1. The van der Waals surface area contributed by atoms with E-state index in [4.69, 9.17) is 0 Å². The lowest BCUT2D eigenvalue weighted by Crippen LogP contribution is -2.40. The smallest absolute Gasteiger partial charge is 0.256 e. The van der Waals surface area contributed by atoms with Gasteiger partial charge in [-0.15, -0.1) is 0 Å². The minimum atomic E-state index is -0.477. The van der Waals surface area contributed by atoms with E-state index in [-0.39, 0.29) is 24.3 Å². The molecule has 2 aliphatic rings. The lowest BCUT2D eigenvalue weighted by Gasteiger charge is -2.30. The van der Waals surface area contributed by atoms with E-state index in [1.165, 1.54) is 28.0 Å². The topological polar surface area (TPSA) is 95.7 Å². The van der Waals surface area contributed by atoms with Crippen LogP contribution in [-0.4, -0.2) is 44.0 Å². The fraction of sp³-hybridized carbons (Fsp3) is 0.316. The van der Waals surface area contributed by atoms with Crippen LogP contribution in [0.3, 0.4) is 0 Å². The van der Waals surface area contributed by atoms with Crippen molar-refractivity contribution in [2.45, 2.75) is 32.2 Å². The number of aromatic nitrogens is 4. The molecule has 1 unspecified atom stereocenters. The maximum Gasteiger partial charge on any atom is 0.256 e. The van der Waals surface area contributed by atoms with Gasteiger partial charge in [0.05, 0.1) is 23.8 Å². The fourth-order valence-corrected chi connectivity index (χ4v) is 3.76. The van der Waals surface area contributed by atoms with Gasteiger partial charge in [-0.1, -0.05) is 0 Å². The fourth-order valence-electron chi connectivity index (χ4n) is 3.76. The van der Waals surface area contributed by atoms with Crippen molar-refractivity contribution >= 4 is 29.0 Å². The van der Waals surface area contributed by atoms with Crippen molar-refractivity contribution < 1.29 is 14.0 Å². The van der Waals surface area contributed by atoms with Crippen LogP contribution in [0.4, 0.5) is 15.9 Å². The molecule has 2 aliphatic heterocycles. The lowest BCUT2D eigenvalue weighted by atomic mass is 10.1. The van der Waals surface area contributed by atoms with Gasteiger partial charge in [-0.3, -0.25) is 19.6 Å². The molecule has 5 rings (SSSR count). The van der Waals surface area contributed by atoms with Gasteiger partial charge in [0.25, 0.3) is 5.91 Å². The van der Waals surface area contributed by atoms with Crippen LogP contribution in [0, 0.1) is 5.82 Å². The van der Waals surface area contributed by atoms with Crippen LogP contribution in [0.1, 0.15) is 35.8 Å². The Morgan fingerprint density at radius 3 is 2.97 bits per heavy atom. The van der Waals surface area contributed by atoms with E-state index >= 15 is 0 Å². The van der Waals surface area contributed by atoms with Crippen LogP contribution in [0.25, 0.3) is 5.65 Å². The first-order chi connectivity index (χ1) is 14.0. The summed E-state index contributed by atoms with van der Waals surface area (Å²) < 4.78 is 15.5. The third-order valence-electron chi connectivity index (χ3n) is 5.21. The quantitative estimate of drug-likeness (QED) is 0.620. The molecule has 1 atom stereocenters. The molecule has 0 spiro atoms. The van der Waals surface area contributed by atoms with Crippen LogP contribution in [0.15, 0.2) is 30.7 Å².